The number of carbonyl (C=O) groups excluding carboxylic acids is 2. The third-order valence-corrected chi connectivity index (χ3v) is 4.82. The van der Waals surface area contributed by atoms with Crippen LogP contribution in [0.3, 0.4) is 0 Å². The fourth-order valence-electron chi connectivity index (χ4n) is 2.67. The van der Waals surface area contributed by atoms with Gasteiger partial charge in [0, 0.05) is 13.1 Å². The Morgan fingerprint density at radius 1 is 1.33 bits per heavy atom. The highest BCUT2D eigenvalue weighted by Gasteiger charge is 2.31. The third kappa shape index (κ3) is 4.19. The summed E-state index contributed by atoms with van der Waals surface area (Å²) < 4.78 is 0. The number of carboxylic acids is 1. The van der Waals surface area contributed by atoms with Crippen molar-refractivity contribution in [2.24, 2.45) is 5.92 Å². The highest BCUT2D eigenvalue weighted by Crippen LogP contribution is 2.25. The summed E-state index contributed by atoms with van der Waals surface area (Å²) in [6, 6.07) is 3.88. The first-order chi connectivity index (χ1) is 11.3. The summed E-state index contributed by atoms with van der Waals surface area (Å²) in [5.74, 6) is -2.29. The number of carboxylic acid groups (broad SMARTS) is 1. The van der Waals surface area contributed by atoms with Crippen LogP contribution >= 0.6 is 23.2 Å². The molecule has 0 radical (unpaired) electrons. The second kappa shape index (κ2) is 7.85. The number of amides is 2. The zero-order chi connectivity index (χ0) is 17.9. The summed E-state index contributed by atoms with van der Waals surface area (Å²) in [5, 5.41) is 12.1. The third-order valence-electron chi connectivity index (χ3n) is 4.00. The number of piperidine rings is 1. The van der Waals surface area contributed by atoms with E-state index in [1.807, 2.05) is 0 Å². The van der Waals surface area contributed by atoms with Gasteiger partial charge in [-0.3, -0.25) is 14.4 Å². The SMILES string of the molecule is C[C@H](NC(=O)c1cccc(Cl)c1Cl)C(=O)N1CCC[C@H](C(=O)O)C1. The molecule has 0 aliphatic carbocycles. The molecule has 0 spiro atoms. The Morgan fingerprint density at radius 3 is 2.71 bits per heavy atom. The molecule has 2 rings (SSSR count). The number of carbonyl (C=O) groups is 3. The molecule has 8 heteroatoms. The van der Waals surface area contributed by atoms with Gasteiger partial charge in [0.25, 0.3) is 5.91 Å². The lowest BCUT2D eigenvalue weighted by Gasteiger charge is -2.32. The number of halogens is 2. The molecule has 0 unspecified atom stereocenters. The van der Waals surface area contributed by atoms with Gasteiger partial charge in [-0.05, 0) is 31.9 Å². The molecular weight excluding hydrogens is 355 g/mol. The summed E-state index contributed by atoms with van der Waals surface area (Å²) in [4.78, 5) is 37.3. The molecule has 1 heterocycles. The van der Waals surface area contributed by atoms with Crippen LogP contribution in [0.15, 0.2) is 18.2 Å². The van der Waals surface area contributed by atoms with Crippen LogP contribution in [0.2, 0.25) is 10.0 Å². The summed E-state index contributed by atoms with van der Waals surface area (Å²) in [6.07, 6.45) is 1.18. The van der Waals surface area contributed by atoms with E-state index >= 15 is 0 Å². The summed E-state index contributed by atoms with van der Waals surface area (Å²) in [6.45, 7) is 2.20. The maximum atomic E-state index is 12.4. The van der Waals surface area contributed by atoms with Crippen LogP contribution < -0.4 is 5.32 Å². The number of rotatable bonds is 4. The zero-order valence-electron chi connectivity index (χ0n) is 13.1. The number of likely N-dealkylation sites (tertiary alicyclic amines) is 1. The quantitative estimate of drug-likeness (QED) is 0.849. The van der Waals surface area contributed by atoms with Crippen LogP contribution in [0.4, 0.5) is 0 Å². The smallest absolute Gasteiger partial charge is 0.308 e. The standard InChI is InChI=1S/C16H18Cl2N2O4/c1-9(15(22)20-7-3-4-10(8-20)16(23)24)19-14(21)11-5-2-6-12(17)13(11)18/h2,5-6,9-10H,3-4,7-8H2,1H3,(H,19,21)(H,23,24)/t9-,10-/m0/s1. The Balaban J connectivity index is 2.02. The number of aliphatic carboxylic acids is 1. The predicted octanol–water partition coefficient (Wildman–Crippen LogP) is 2.43. The molecule has 0 aromatic heterocycles. The summed E-state index contributed by atoms with van der Waals surface area (Å²) >= 11 is 11.9. The van der Waals surface area contributed by atoms with E-state index < -0.39 is 23.8 Å². The van der Waals surface area contributed by atoms with Gasteiger partial charge in [-0.1, -0.05) is 29.3 Å². The molecule has 1 aliphatic rings. The molecule has 2 amide bonds. The van der Waals surface area contributed by atoms with Gasteiger partial charge in [-0.25, -0.2) is 0 Å². The topological polar surface area (TPSA) is 86.7 Å². The molecule has 2 atom stereocenters. The van der Waals surface area contributed by atoms with Gasteiger partial charge >= 0.3 is 5.97 Å². The monoisotopic (exact) mass is 372 g/mol. The van der Waals surface area contributed by atoms with Gasteiger partial charge in [-0.15, -0.1) is 0 Å². The van der Waals surface area contributed by atoms with Crippen molar-refractivity contribution in [2.75, 3.05) is 13.1 Å². The summed E-state index contributed by atoms with van der Waals surface area (Å²) in [7, 11) is 0. The van der Waals surface area contributed by atoms with E-state index in [0.29, 0.717) is 19.4 Å². The minimum atomic E-state index is -0.908. The van der Waals surface area contributed by atoms with E-state index in [0.717, 1.165) is 0 Å². The normalized spacial score (nSPS) is 18.8. The van der Waals surface area contributed by atoms with Crippen LogP contribution in [-0.4, -0.2) is 46.9 Å². The van der Waals surface area contributed by atoms with Gasteiger partial charge in [0.05, 0.1) is 21.5 Å². The molecule has 1 saturated heterocycles. The van der Waals surface area contributed by atoms with Crippen molar-refractivity contribution < 1.29 is 19.5 Å². The van der Waals surface area contributed by atoms with Crippen molar-refractivity contribution in [3.63, 3.8) is 0 Å². The maximum absolute atomic E-state index is 12.4. The largest absolute Gasteiger partial charge is 0.481 e. The minimum Gasteiger partial charge on any atom is -0.481 e. The molecule has 0 saturated carbocycles. The summed E-state index contributed by atoms with van der Waals surface area (Å²) in [5.41, 5.74) is 0.186. The Morgan fingerprint density at radius 2 is 2.04 bits per heavy atom. The van der Waals surface area contributed by atoms with Crippen molar-refractivity contribution in [1.82, 2.24) is 10.2 Å². The Bertz CT molecular complexity index is 665. The van der Waals surface area contributed by atoms with Gasteiger partial charge < -0.3 is 15.3 Å². The lowest BCUT2D eigenvalue weighted by Crippen LogP contribution is -2.51. The maximum Gasteiger partial charge on any atom is 0.308 e. The molecular formula is C16H18Cl2N2O4. The van der Waals surface area contributed by atoms with E-state index in [2.05, 4.69) is 5.32 Å². The molecule has 130 valence electrons. The second-order valence-corrected chi connectivity index (χ2v) is 6.54. The van der Waals surface area contributed by atoms with Crippen LogP contribution in [0.5, 0.6) is 0 Å². The van der Waals surface area contributed by atoms with Gasteiger partial charge in [0.1, 0.15) is 6.04 Å². The zero-order valence-corrected chi connectivity index (χ0v) is 14.6. The average molecular weight is 373 g/mol. The Kier molecular flexibility index (Phi) is 6.07. The van der Waals surface area contributed by atoms with Crippen molar-refractivity contribution >= 4 is 41.0 Å². The fourth-order valence-corrected chi connectivity index (χ4v) is 3.05. The van der Waals surface area contributed by atoms with Crippen molar-refractivity contribution in [3.05, 3.63) is 33.8 Å². The number of nitrogens with one attached hydrogen (secondary N) is 1. The van der Waals surface area contributed by atoms with Crippen LogP contribution in [0.25, 0.3) is 0 Å². The Labute approximate surface area is 149 Å². The molecule has 2 N–H and O–H groups in total. The first-order valence-corrected chi connectivity index (χ1v) is 8.33. The highest BCUT2D eigenvalue weighted by molar-refractivity contribution is 6.43. The van der Waals surface area contributed by atoms with E-state index in [9.17, 15) is 14.4 Å². The van der Waals surface area contributed by atoms with Gasteiger partial charge in [0.2, 0.25) is 5.91 Å². The lowest BCUT2D eigenvalue weighted by atomic mass is 9.98. The molecule has 1 aromatic rings. The molecule has 1 aromatic carbocycles. The number of nitrogens with zero attached hydrogens (tertiary/aromatic N) is 1. The van der Waals surface area contributed by atoms with E-state index in [1.54, 1.807) is 19.1 Å². The van der Waals surface area contributed by atoms with Crippen molar-refractivity contribution in [2.45, 2.75) is 25.8 Å². The molecule has 6 nitrogen and oxygen atoms in total. The number of benzene rings is 1. The van der Waals surface area contributed by atoms with Crippen LogP contribution in [-0.2, 0) is 9.59 Å². The van der Waals surface area contributed by atoms with Crippen LogP contribution in [0.1, 0.15) is 30.1 Å². The molecule has 1 aliphatic heterocycles. The minimum absolute atomic E-state index is 0.125. The molecule has 0 bridgehead atoms. The van der Waals surface area contributed by atoms with E-state index in [1.165, 1.54) is 11.0 Å². The van der Waals surface area contributed by atoms with E-state index in [4.69, 9.17) is 28.3 Å². The van der Waals surface area contributed by atoms with Crippen molar-refractivity contribution in [3.8, 4) is 0 Å². The van der Waals surface area contributed by atoms with Crippen LogP contribution in [0, 0.1) is 5.92 Å². The first kappa shape index (κ1) is 18.5. The first-order valence-electron chi connectivity index (χ1n) is 7.57. The average Bonchev–Trinajstić information content (AvgIpc) is 2.56. The lowest BCUT2D eigenvalue weighted by molar-refractivity contribution is -0.146. The Hall–Kier alpha value is -1.79. The second-order valence-electron chi connectivity index (χ2n) is 5.76. The molecule has 1 fully saturated rings. The van der Waals surface area contributed by atoms with Gasteiger partial charge in [-0.2, -0.15) is 0 Å². The van der Waals surface area contributed by atoms with E-state index in [-0.39, 0.29) is 28.1 Å². The van der Waals surface area contributed by atoms with Gasteiger partial charge in [0.15, 0.2) is 0 Å². The molecule has 24 heavy (non-hydrogen) atoms. The fraction of sp³-hybridized carbons (Fsp3) is 0.438. The highest BCUT2D eigenvalue weighted by atomic mass is 35.5. The predicted molar refractivity (Wildman–Crippen MR) is 90.3 cm³/mol. The van der Waals surface area contributed by atoms with Crippen molar-refractivity contribution in [1.29, 1.82) is 0 Å². The number of hydrogen-bond donors (Lipinski definition) is 2. The number of hydrogen-bond acceptors (Lipinski definition) is 3.